The molecule has 0 aromatic carbocycles. The quantitative estimate of drug-likeness (QED) is 0.885. The fraction of sp³-hybridized carbons (Fsp3) is 0.538. The average Bonchev–Trinajstić information content (AvgIpc) is 2.90. The molecule has 0 amide bonds. The smallest absolute Gasteiger partial charge is 0.247 e. The molecule has 2 atom stereocenters. The van der Waals surface area contributed by atoms with Gasteiger partial charge in [-0.3, -0.25) is 0 Å². The Morgan fingerprint density at radius 3 is 2.84 bits per heavy atom. The SMILES string of the molecule is CC1CCCC(N)(c2nc(-c3ncccn3)no2)C1. The lowest BCUT2D eigenvalue weighted by molar-refractivity contribution is 0.183. The van der Waals surface area contributed by atoms with E-state index in [2.05, 4.69) is 27.0 Å². The Morgan fingerprint density at radius 2 is 2.11 bits per heavy atom. The lowest BCUT2D eigenvalue weighted by Crippen LogP contribution is -2.41. The van der Waals surface area contributed by atoms with E-state index in [4.69, 9.17) is 10.3 Å². The third kappa shape index (κ3) is 2.35. The van der Waals surface area contributed by atoms with Gasteiger partial charge in [-0.25, -0.2) is 9.97 Å². The Labute approximate surface area is 111 Å². The maximum absolute atomic E-state index is 6.43. The molecule has 0 saturated heterocycles. The third-order valence-corrected chi connectivity index (χ3v) is 3.65. The van der Waals surface area contributed by atoms with Crippen molar-refractivity contribution in [3.8, 4) is 11.6 Å². The molecule has 1 aliphatic rings. The molecule has 2 heterocycles. The highest BCUT2D eigenvalue weighted by Crippen LogP contribution is 2.37. The van der Waals surface area contributed by atoms with Gasteiger partial charge >= 0.3 is 0 Å². The zero-order valence-corrected chi connectivity index (χ0v) is 10.9. The first-order chi connectivity index (χ1) is 9.17. The van der Waals surface area contributed by atoms with Gasteiger partial charge in [-0.05, 0) is 24.8 Å². The topological polar surface area (TPSA) is 90.7 Å². The molecule has 0 aliphatic heterocycles. The largest absolute Gasteiger partial charge is 0.337 e. The van der Waals surface area contributed by atoms with Crippen molar-refractivity contribution >= 4 is 0 Å². The minimum absolute atomic E-state index is 0.402. The van der Waals surface area contributed by atoms with Crippen molar-refractivity contribution in [3.63, 3.8) is 0 Å². The molecule has 6 nitrogen and oxygen atoms in total. The Morgan fingerprint density at radius 1 is 1.32 bits per heavy atom. The lowest BCUT2D eigenvalue weighted by atomic mass is 9.77. The Balaban J connectivity index is 1.89. The van der Waals surface area contributed by atoms with Crippen molar-refractivity contribution in [1.29, 1.82) is 0 Å². The van der Waals surface area contributed by atoms with E-state index in [0.29, 0.717) is 23.5 Å². The average molecular weight is 259 g/mol. The highest BCUT2D eigenvalue weighted by atomic mass is 16.5. The molecule has 3 rings (SSSR count). The molecule has 2 unspecified atom stereocenters. The molecule has 6 heteroatoms. The number of rotatable bonds is 2. The van der Waals surface area contributed by atoms with Gasteiger partial charge in [0.1, 0.15) is 0 Å². The minimum atomic E-state index is -0.502. The normalized spacial score (nSPS) is 27.4. The Kier molecular flexibility index (Phi) is 3.02. The van der Waals surface area contributed by atoms with Crippen molar-refractivity contribution in [2.24, 2.45) is 11.7 Å². The number of nitrogens with two attached hydrogens (primary N) is 1. The summed E-state index contributed by atoms with van der Waals surface area (Å²) in [5.74, 6) is 1.95. The fourth-order valence-corrected chi connectivity index (χ4v) is 2.72. The summed E-state index contributed by atoms with van der Waals surface area (Å²) in [4.78, 5) is 12.6. The van der Waals surface area contributed by atoms with Crippen molar-refractivity contribution in [2.75, 3.05) is 0 Å². The second-order valence-electron chi connectivity index (χ2n) is 5.35. The monoisotopic (exact) mass is 259 g/mol. The summed E-state index contributed by atoms with van der Waals surface area (Å²) in [7, 11) is 0. The minimum Gasteiger partial charge on any atom is -0.337 e. The van der Waals surface area contributed by atoms with Gasteiger partial charge in [0.25, 0.3) is 0 Å². The summed E-state index contributed by atoms with van der Waals surface area (Å²) < 4.78 is 5.34. The van der Waals surface area contributed by atoms with Crippen LogP contribution in [0, 0.1) is 5.92 Å². The van der Waals surface area contributed by atoms with Gasteiger partial charge in [0.15, 0.2) is 0 Å². The summed E-state index contributed by atoms with van der Waals surface area (Å²) in [6.45, 7) is 2.21. The van der Waals surface area contributed by atoms with Crippen LogP contribution >= 0.6 is 0 Å². The summed E-state index contributed by atoms with van der Waals surface area (Å²) in [5, 5.41) is 3.94. The molecule has 2 aromatic rings. The van der Waals surface area contributed by atoms with E-state index in [9.17, 15) is 0 Å². The maximum Gasteiger partial charge on any atom is 0.247 e. The molecule has 2 N–H and O–H groups in total. The summed E-state index contributed by atoms with van der Waals surface area (Å²) in [6.07, 6.45) is 7.37. The summed E-state index contributed by atoms with van der Waals surface area (Å²) >= 11 is 0. The molecule has 2 aromatic heterocycles. The van der Waals surface area contributed by atoms with Crippen LogP contribution in [-0.2, 0) is 5.54 Å². The van der Waals surface area contributed by atoms with Crippen molar-refractivity contribution < 1.29 is 4.52 Å². The van der Waals surface area contributed by atoms with Gasteiger partial charge in [-0.15, -0.1) is 0 Å². The van der Waals surface area contributed by atoms with Crippen LogP contribution in [-0.4, -0.2) is 20.1 Å². The highest BCUT2D eigenvalue weighted by molar-refractivity contribution is 5.40. The number of hydrogen-bond acceptors (Lipinski definition) is 6. The lowest BCUT2D eigenvalue weighted by Gasteiger charge is -2.33. The molecule has 0 spiro atoms. The van der Waals surface area contributed by atoms with E-state index in [-0.39, 0.29) is 0 Å². The van der Waals surface area contributed by atoms with E-state index in [1.165, 1.54) is 6.42 Å². The van der Waals surface area contributed by atoms with Gasteiger partial charge in [-0.1, -0.05) is 24.9 Å². The van der Waals surface area contributed by atoms with E-state index >= 15 is 0 Å². The van der Waals surface area contributed by atoms with E-state index in [1.54, 1.807) is 18.5 Å². The zero-order chi connectivity index (χ0) is 13.3. The van der Waals surface area contributed by atoms with E-state index in [0.717, 1.165) is 19.3 Å². The summed E-state index contributed by atoms with van der Waals surface area (Å²) in [6, 6.07) is 1.75. The van der Waals surface area contributed by atoms with Gasteiger partial charge < -0.3 is 10.3 Å². The standard InChI is InChI=1S/C13H17N5O/c1-9-4-2-5-13(14,8-9)12-17-11(18-19-12)10-15-6-3-7-16-10/h3,6-7,9H,2,4-5,8,14H2,1H3. The number of hydrogen-bond donors (Lipinski definition) is 1. The second kappa shape index (κ2) is 4.70. The second-order valence-corrected chi connectivity index (χ2v) is 5.35. The van der Waals surface area contributed by atoms with Crippen LogP contribution in [0.4, 0.5) is 0 Å². The molecule has 1 aliphatic carbocycles. The fourth-order valence-electron chi connectivity index (χ4n) is 2.72. The van der Waals surface area contributed by atoms with Crippen LogP contribution < -0.4 is 5.73 Å². The maximum atomic E-state index is 6.43. The molecule has 1 saturated carbocycles. The van der Waals surface area contributed by atoms with Gasteiger partial charge in [0.05, 0.1) is 5.54 Å². The van der Waals surface area contributed by atoms with Crippen LogP contribution in [0.1, 0.15) is 38.5 Å². The third-order valence-electron chi connectivity index (χ3n) is 3.65. The van der Waals surface area contributed by atoms with Crippen LogP contribution in [0.3, 0.4) is 0 Å². The molecule has 100 valence electrons. The predicted molar refractivity (Wildman–Crippen MR) is 68.8 cm³/mol. The van der Waals surface area contributed by atoms with Crippen LogP contribution in [0.25, 0.3) is 11.6 Å². The molecule has 1 fully saturated rings. The molecule has 0 radical (unpaired) electrons. The Hall–Kier alpha value is -1.82. The van der Waals surface area contributed by atoms with Gasteiger partial charge in [0.2, 0.25) is 17.5 Å². The molecule has 19 heavy (non-hydrogen) atoms. The molecular weight excluding hydrogens is 242 g/mol. The first-order valence-corrected chi connectivity index (χ1v) is 6.58. The van der Waals surface area contributed by atoms with E-state index < -0.39 is 5.54 Å². The van der Waals surface area contributed by atoms with Crippen molar-refractivity contribution in [1.82, 2.24) is 20.1 Å². The van der Waals surface area contributed by atoms with Crippen LogP contribution in [0.2, 0.25) is 0 Å². The highest BCUT2D eigenvalue weighted by Gasteiger charge is 2.38. The summed E-state index contributed by atoms with van der Waals surface area (Å²) in [5.41, 5.74) is 5.92. The van der Waals surface area contributed by atoms with Crippen molar-refractivity contribution in [2.45, 2.75) is 38.1 Å². The molecule has 0 bridgehead atoms. The predicted octanol–water partition coefficient (Wildman–Crippen LogP) is 1.89. The first kappa shape index (κ1) is 12.2. The molecular formula is C13H17N5O. The number of nitrogens with zero attached hydrogens (tertiary/aromatic N) is 4. The zero-order valence-electron chi connectivity index (χ0n) is 10.9. The first-order valence-electron chi connectivity index (χ1n) is 6.58. The van der Waals surface area contributed by atoms with Crippen LogP contribution in [0.15, 0.2) is 23.0 Å². The van der Waals surface area contributed by atoms with Crippen molar-refractivity contribution in [3.05, 3.63) is 24.4 Å². The van der Waals surface area contributed by atoms with E-state index in [1.807, 2.05) is 0 Å². The Bertz CT molecular complexity index is 555. The van der Waals surface area contributed by atoms with Gasteiger partial charge in [0, 0.05) is 12.4 Å². The van der Waals surface area contributed by atoms with Gasteiger partial charge in [-0.2, -0.15) is 4.98 Å². The number of aromatic nitrogens is 4. The van der Waals surface area contributed by atoms with Crippen LogP contribution in [0.5, 0.6) is 0 Å².